The van der Waals surface area contributed by atoms with Gasteiger partial charge in [-0.05, 0) is 32.6 Å². The molecule has 2 aliphatic carbocycles. The van der Waals surface area contributed by atoms with Gasteiger partial charge in [-0.25, -0.2) is 13.9 Å². The molecular weight excluding hydrogens is 394 g/mol. The molecule has 0 amide bonds. The molecule has 2 aromatic heterocycles. The van der Waals surface area contributed by atoms with Crippen molar-refractivity contribution in [2.24, 2.45) is 10.6 Å². The maximum atomic E-state index is 14.7. The summed E-state index contributed by atoms with van der Waals surface area (Å²) in [7, 11) is -3.88. The van der Waals surface area contributed by atoms with Crippen LogP contribution in [0.25, 0.3) is 11.6 Å². The maximum Gasteiger partial charge on any atom is 0.278 e. The maximum absolute atomic E-state index is 14.7. The van der Waals surface area contributed by atoms with Crippen LogP contribution in [-0.2, 0) is 10.2 Å². The van der Waals surface area contributed by atoms with Gasteiger partial charge >= 0.3 is 0 Å². The Morgan fingerprint density at radius 1 is 1.29 bits per heavy atom. The topological polar surface area (TPSA) is 120 Å². The highest BCUT2D eigenvalue weighted by Gasteiger charge is 2.82. The summed E-state index contributed by atoms with van der Waals surface area (Å²) in [5, 5.41) is 13.4. The van der Waals surface area contributed by atoms with E-state index in [0.717, 1.165) is 22.7 Å². The lowest BCUT2D eigenvalue weighted by Crippen LogP contribution is -2.43. The summed E-state index contributed by atoms with van der Waals surface area (Å²) in [6.07, 6.45) is 4.04. The summed E-state index contributed by atoms with van der Waals surface area (Å²) in [6, 6.07) is 0.384. The fourth-order valence-electron chi connectivity index (χ4n) is 4.35. The normalized spacial score (nSPS) is 26.6. The molecule has 0 unspecified atom stereocenters. The summed E-state index contributed by atoms with van der Waals surface area (Å²) >= 11 is 0. The van der Waals surface area contributed by atoms with Gasteiger partial charge < -0.3 is 4.52 Å². The highest BCUT2D eigenvalue weighted by Crippen LogP contribution is 2.75. The molecule has 2 N–H and O–H groups in total. The molecule has 2 aromatic rings. The average Bonchev–Trinajstić information content (AvgIpc) is 3.39. The Bertz CT molecular complexity index is 1040. The Kier molecular flexibility index (Phi) is 3.61. The van der Waals surface area contributed by atoms with E-state index in [-0.39, 0.29) is 37.6 Å². The third-order valence-corrected chi connectivity index (χ3v) is 7.29. The molecule has 2 saturated carbocycles. The zero-order valence-corrected chi connectivity index (χ0v) is 16.0. The third-order valence-electron chi connectivity index (χ3n) is 6.21. The van der Waals surface area contributed by atoms with Crippen LogP contribution in [0.5, 0.6) is 0 Å². The number of alkyl halides is 2. The fourth-order valence-corrected chi connectivity index (χ4v) is 5.04. The van der Waals surface area contributed by atoms with Crippen LogP contribution < -0.4 is 5.14 Å². The molecule has 3 fully saturated rings. The van der Waals surface area contributed by atoms with Gasteiger partial charge in [0.1, 0.15) is 0 Å². The van der Waals surface area contributed by atoms with E-state index in [1.807, 2.05) is 17.8 Å². The Morgan fingerprint density at radius 3 is 2.57 bits per heavy atom. The Hall–Kier alpha value is -1.92. The molecule has 0 bridgehead atoms. The average molecular weight is 414 g/mol. The van der Waals surface area contributed by atoms with Crippen LogP contribution >= 0.6 is 0 Å². The number of hydrogen-bond donors (Lipinski definition) is 1. The van der Waals surface area contributed by atoms with Crippen LogP contribution in [0.1, 0.15) is 49.0 Å². The minimum atomic E-state index is -3.88. The van der Waals surface area contributed by atoms with Crippen LogP contribution in [-0.4, -0.2) is 51.7 Å². The number of nitrogens with zero attached hydrogens (tertiary/aromatic N) is 5. The molecule has 5 rings (SSSR count). The molecule has 152 valence electrons. The quantitative estimate of drug-likeness (QED) is 0.811. The summed E-state index contributed by atoms with van der Waals surface area (Å²) in [4.78, 5) is 4.22. The first kappa shape index (κ1) is 18.1. The Morgan fingerprint density at radius 2 is 1.96 bits per heavy atom. The zero-order chi connectivity index (χ0) is 19.9. The van der Waals surface area contributed by atoms with Crippen LogP contribution in [0.2, 0.25) is 0 Å². The first-order chi connectivity index (χ1) is 13.1. The number of nitrogens with two attached hydrogens (primary N) is 1. The zero-order valence-electron chi connectivity index (χ0n) is 15.2. The fraction of sp³-hybridized carbons (Fsp3) is 0.688. The second-order valence-electron chi connectivity index (χ2n) is 7.99. The van der Waals surface area contributed by atoms with Crippen molar-refractivity contribution in [3.8, 4) is 11.6 Å². The van der Waals surface area contributed by atoms with Gasteiger partial charge in [-0.1, -0.05) is 5.16 Å². The van der Waals surface area contributed by atoms with Gasteiger partial charge in [0.2, 0.25) is 0 Å². The molecule has 1 saturated heterocycles. The minimum Gasteiger partial charge on any atom is -0.332 e. The van der Waals surface area contributed by atoms with Crippen LogP contribution in [0.3, 0.4) is 0 Å². The predicted octanol–water partition coefficient (Wildman–Crippen LogP) is 1.59. The molecule has 1 aliphatic heterocycles. The van der Waals surface area contributed by atoms with Crippen molar-refractivity contribution in [1.29, 1.82) is 0 Å². The summed E-state index contributed by atoms with van der Waals surface area (Å²) in [5.74, 6) is -4.12. The van der Waals surface area contributed by atoms with Crippen molar-refractivity contribution in [3.63, 3.8) is 0 Å². The van der Waals surface area contributed by atoms with Gasteiger partial charge in [-0.3, -0.25) is 4.68 Å². The van der Waals surface area contributed by atoms with Crippen molar-refractivity contribution >= 4 is 10.2 Å². The minimum absolute atomic E-state index is 0.000302. The largest absolute Gasteiger partial charge is 0.332 e. The van der Waals surface area contributed by atoms with E-state index < -0.39 is 27.5 Å². The van der Waals surface area contributed by atoms with Crippen molar-refractivity contribution in [2.45, 2.75) is 50.5 Å². The van der Waals surface area contributed by atoms with E-state index >= 15 is 0 Å². The van der Waals surface area contributed by atoms with Gasteiger partial charge in [0.15, 0.2) is 11.5 Å². The molecular formula is C16H20F2N6O3S. The molecule has 1 atom stereocenters. The molecule has 28 heavy (non-hydrogen) atoms. The molecule has 0 radical (unpaired) electrons. The van der Waals surface area contributed by atoms with E-state index in [0.29, 0.717) is 11.7 Å². The highest BCUT2D eigenvalue weighted by atomic mass is 32.2. The summed E-state index contributed by atoms with van der Waals surface area (Å²) in [6.45, 7) is 1.78. The van der Waals surface area contributed by atoms with Crippen molar-refractivity contribution in [1.82, 2.24) is 24.2 Å². The molecule has 1 spiro atoms. The SMILES string of the molecule is Cc1cn(C2CC2)nc1-c1nc([C@@H]2C(F)(F)C23CCN(S(N)(=O)=O)CC3)no1. The van der Waals surface area contributed by atoms with Crippen LogP contribution in [0.15, 0.2) is 10.7 Å². The van der Waals surface area contributed by atoms with E-state index in [1.165, 1.54) is 0 Å². The lowest BCUT2D eigenvalue weighted by atomic mass is 9.91. The Balaban J connectivity index is 1.39. The van der Waals surface area contributed by atoms with Gasteiger partial charge in [-0.15, -0.1) is 0 Å². The van der Waals surface area contributed by atoms with Gasteiger partial charge in [-0.2, -0.15) is 22.8 Å². The van der Waals surface area contributed by atoms with E-state index in [2.05, 4.69) is 15.2 Å². The first-order valence-corrected chi connectivity index (χ1v) is 10.7. The standard InChI is InChI=1S/C16H20F2N6O3S/c1-9-8-24(10-2-3-10)21-11(9)14-20-13(22-27-14)12-15(16(12,17)18)4-6-23(7-5-15)28(19,25)26/h8,10,12H,2-7H2,1H3,(H2,19,25,26)/t12-/m0/s1. The highest BCUT2D eigenvalue weighted by molar-refractivity contribution is 7.86. The van der Waals surface area contributed by atoms with Crippen LogP contribution in [0.4, 0.5) is 8.78 Å². The molecule has 9 nitrogen and oxygen atoms in total. The second-order valence-corrected chi connectivity index (χ2v) is 9.53. The van der Waals surface area contributed by atoms with Gasteiger partial charge in [0, 0.05) is 24.8 Å². The Labute approximate surface area is 160 Å². The lowest BCUT2D eigenvalue weighted by Gasteiger charge is -2.30. The van der Waals surface area contributed by atoms with Crippen molar-refractivity contribution < 1.29 is 21.7 Å². The van der Waals surface area contributed by atoms with Crippen molar-refractivity contribution in [2.75, 3.05) is 13.1 Å². The monoisotopic (exact) mass is 414 g/mol. The summed E-state index contributed by atoms with van der Waals surface area (Å²) in [5.41, 5.74) is 0.00568. The molecule has 0 aromatic carbocycles. The molecule has 3 aliphatic rings. The number of piperidine rings is 1. The van der Waals surface area contributed by atoms with E-state index in [9.17, 15) is 17.2 Å². The molecule has 3 heterocycles. The predicted molar refractivity (Wildman–Crippen MR) is 92.6 cm³/mol. The number of aromatic nitrogens is 4. The smallest absolute Gasteiger partial charge is 0.278 e. The number of aryl methyl sites for hydroxylation is 1. The lowest BCUT2D eigenvalue weighted by molar-refractivity contribution is 0.0411. The second kappa shape index (κ2) is 5.57. The van der Waals surface area contributed by atoms with E-state index in [4.69, 9.17) is 9.66 Å². The van der Waals surface area contributed by atoms with Gasteiger partial charge in [0.05, 0.1) is 17.4 Å². The van der Waals surface area contributed by atoms with Crippen LogP contribution in [0, 0.1) is 12.3 Å². The van der Waals surface area contributed by atoms with Gasteiger partial charge in [0.25, 0.3) is 22.0 Å². The summed E-state index contributed by atoms with van der Waals surface area (Å²) < 4.78 is 60.5. The number of hydrogen-bond acceptors (Lipinski definition) is 6. The van der Waals surface area contributed by atoms with E-state index in [1.54, 1.807) is 0 Å². The van der Waals surface area contributed by atoms with Crippen molar-refractivity contribution in [3.05, 3.63) is 17.6 Å². The number of rotatable bonds is 4. The number of halogens is 2. The first-order valence-electron chi connectivity index (χ1n) is 9.19. The third kappa shape index (κ3) is 2.54. The molecule has 12 heteroatoms.